The first-order valence-corrected chi connectivity index (χ1v) is 10.1. The number of nitrogens with zero attached hydrogens (tertiary/aromatic N) is 3. The first-order chi connectivity index (χ1) is 12.3. The van der Waals surface area contributed by atoms with Gasteiger partial charge in [0.15, 0.2) is 0 Å². The van der Waals surface area contributed by atoms with Crippen LogP contribution >= 0.6 is 27.3 Å². The van der Waals surface area contributed by atoms with E-state index in [0.29, 0.717) is 21.6 Å². The van der Waals surface area contributed by atoms with Gasteiger partial charge >= 0.3 is 5.69 Å². The molecular formula is C16H20BrN3O5S. The normalized spacial score (nSPS) is 17.6. The molecule has 8 nitrogen and oxygen atoms in total. The maximum atomic E-state index is 13.0. The molecular weight excluding hydrogens is 426 g/mol. The number of amides is 1. The lowest BCUT2D eigenvalue weighted by Crippen LogP contribution is -2.39. The second-order valence-electron chi connectivity index (χ2n) is 6.68. The number of alkyl halides is 1. The highest BCUT2D eigenvalue weighted by atomic mass is 79.9. The van der Waals surface area contributed by atoms with Crippen LogP contribution < -0.4 is 11.2 Å². The summed E-state index contributed by atoms with van der Waals surface area (Å²) in [5.74, 6) is -0.284. The molecule has 0 spiro atoms. The minimum Gasteiger partial charge on any atom is -0.389 e. The Balaban J connectivity index is 2.29. The Hall–Kier alpha value is -1.49. The van der Waals surface area contributed by atoms with Crippen molar-refractivity contribution >= 4 is 43.4 Å². The van der Waals surface area contributed by atoms with Gasteiger partial charge in [0.1, 0.15) is 17.5 Å². The zero-order chi connectivity index (χ0) is 19.2. The van der Waals surface area contributed by atoms with Crippen LogP contribution in [0.2, 0.25) is 0 Å². The predicted octanol–water partition coefficient (Wildman–Crippen LogP) is 1.06. The van der Waals surface area contributed by atoms with E-state index in [2.05, 4.69) is 15.9 Å². The summed E-state index contributed by atoms with van der Waals surface area (Å²) in [7, 11) is 1.41. The first kappa shape index (κ1) is 19.3. The molecule has 142 valence electrons. The van der Waals surface area contributed by atoms with Crippen molar-refractivity contribution in [2.75, 3.05) is 13.2 Å². The van der Waals surface area contributed by atoms with E-state index in [9.17, 15) is 19.5 Å². The average molecular weight is 446 g/mol. The predicted molar refractivity (Wildman–Crippen MR) is 102 cm³/mol. The van der Waals surface area contributed by atoms with Crippen LogP contribution in [0.3, 0.4) is 0 Å². The lowest BCUT2D eigenvalue weighted by atomic mass is 10.1. The van der Waals surface area contributed by atoms with E-state index in [-0.39, 0.29) is 30.0 Å². The van der Waals surface area contributed by atoms with Crippen molar-refractivity contribution in [3.63, 3.8) is 0 Å². The Labute approximate surface area is 161 Å². The topological polar surface area (TPSA) is 93.8 Å². The molecule has 1 aliphatic rings. The maximum Gasteiger partial charge on any atom is 0.331 e. The number of aromatic nitrogens is 2. The van der Waals surface area contributed by atoms with Crippen LogP contribution in [0.4, 0.5) is 0 Å². The number of aliphatic hydroxyl groups excluding tert-OH is 1. The van der Waals surface area contributed by atoms with Crippen LogP contribution in [0.15, 0.2) is 9.59 Å². The molecule has 0 radical (unpaired) electrons. The lowest BCUT2D eigenvalue weighted by molar-refractivity contribution is -0.0778. The molecule has 0 aromatic carbocycles. The van der Waals surface area contributed by atoms with Gasteiger partial charge in [0.25, 0.3) is 11.5 Å². The molecule has 3 heterocycles. The summed E-state index contributed by atoms with van der Waals surface area (Å²) < 4.78 is 2.58. The van der Waals surface area contributed by atoms with Crippen molar-refractivity contribution in [1.82, 2.24) is 14.2 Å². The van der Waals surface area contributed by atoms with Crippen LogP contribution in [-0.4, -0.2) is 44.5 Å². The average Bonchev–Trinajstić information content (AvgIpc) is 3.19. The van der Waals surface area contributed by atoms with Crippen molar-refractivity contribution in [1.29, 1.82) is 0 Å². The SMILES string of the molecule is CC(C)Cn1c(=O)n(C)c(=O)c2c(C(=O)N3C[C@H](O)CO3)c(CBr)sc21. The highest BCUT2D eigenvalue weighted by Crippen LogP contribution is 2.32. The number of β-amino-alcohol motifs (C(OH)–C–C–N with tert-alkyl or cyclic N) is 1. The molecule has 3 rings (SSSR count). The Morgan fingerprint density at radius 1 is 1.42 bits per heavy atom. The van der Waals surface area contributed by atoms with Crippen molar-refractivity contribution in [2.45, 2.75) is 31.8 Å². The van der Waals surface area contributed by atoms with Crippen LogP contribution in [0.5, 0.6) is 0 Å². The van der Waals surface area contributed by atoms with Crippen molar-refractivity contribution in [3.05, 3.63) is 31.3 Å². The number of fused-ring (bicyclic) bond motifs is 1. The van der Waals surface area contributed by atoms with E-state index in [0.717, 1.165) is 9.63 Å². The van der Waals surface area contributed by atoms with E-state index >= 15 is 0 Å². The second kappa shape index (κ2) is 7.26. The summed E-state index contributed by atoms with van der Waals surface area (Å²) in [5, 5.41) is 11.3. The molecule has 0 aliphatic carbocycles. The third kappa shape index (κ3) is 3.15. The zero-order valence-electron chi connectivity index (χ0n) is 14.7. The van der Waals surface area contributed by atoms with Gasteiger partial charge in [-0.1, -0.05) is 29.8 Å². The Bertz CT molecular complexity index is 977. The molecule has 26 heavy (non-hydrogen) atoms. The molecule has 2 aromatic rings. The zero-order valence-corrected chi connectivity index (χ0v) is 17.1. The standard InChI is InChI=1S/C16H20BrN3O5S/c1-8(2)5-19-15-12(13(22)18(3)16(19)24)11(10(4-17)26-15)14(23)20-6-9(21)7-25-20/h8-9,21H,4-7H2,1-3H3/t9-/m0/s1. The Morgan fingerprint density at radius 2 is 2.12 bits per heavy atom. The van der Waals surface area contributed by atoms with Gasteiger partial charge in [-0.2, -0.15) is 0 Å². The number of carbonyl (C=O) groups is 1. The fourth-order valence-corrected chi connectivity index (χ4v) is 4.72. The Kier molecular flexibility index (Phi) is 5.38. The van der Waals surface area contributed by atoms with E-state index in [4.69, 9.17) is 4.84 Å². The van der Waals surface area contributed by atoms with Gasteiger partial charge in [0.2, 0.25) is 0 Å². The number of aliphatic hydroxyl groups is 1. The molecule has 1 fully saturated rings. The van der Waals surface area contributed by atoms with Crippen LogP contribution in [0.25, 0.3) is 10.2 Å². The number of rotatable bonds is 4. The second-order valence-corrected chi connectivity index (χ2v) is 8.33. The highest BCUT2D eigenvalue weighted by molar-refractivity contribution is 9.08. The van der Waals surface area contributed by atoms with Crippen LogP contribution in [0.1, 0.15) is 29.1 Å². The van der Waals surface area contributed by atoms with Crippen molar-refractivity contribution in [2.24, 2.45) is 13.0 Å². The maximum absolute atomic E-state index is 13.0. The van der Waals surface area contributed by atoms with Gasteiger partial charge in [0, 0.05) is 23.8 Å². The van der Waals surface area contributed by atoms with Crippen LogP contribution in [-0.2, 0) is 23.8 Å². The molecule has 1 N–H and O–H groups in total. The van der Waals surface area contributed by atoms with Gasteiger partial charge in [-0.05, 0) is 5.92 Å². The molecule has 0 saturated carbocycles. The summed E-state index contributed by atoms with van der Waals surface area (Å²) in [6.45, 7) is 4.48. The third-order valence-electron chi connectivity index (χ3n) is 4.15. The molecule has 10 heteroatoms. The fourth-order valence-electron chi connectivity index (χ4n) is 2.96. The molecule has 1 amide bonds. The van der Waals surface area contributed by atoms with E-state index in [1.165, 1.54) is 18.4 Å². The van der Waals surface area contributed by atoms with E-state index < -0.39 is 23.3 Å². The van der Waals surface area contributed by atoms with Gasteiger partial charge in [0.05, 0.1) is 17.5 Å². The summed E-state index contributed by atoms with van der Waals surface area (Å²) in [6, 6.07) is 0. The quantitative estimate of drug-likeness (QED) is 0.710. The summed E-state index contributed by atoms with van der Waals surface area (Å²) in [4.78, 5) is 44.7. The first-order valence-electron chi connectivity index (χ1n) is 8.20. The monoisotopic (exact) mass is 445 g/mol. The molecule has 2 aromatic heterocycles. The summed E-state index contributed by atoms with van der Waals surface area (Å²) in [5.41, 5.74) is -0.670. The van der Waals surface area contributed by atoms with Crippen LogP contribution in [0, 0.1) is 5.92 Å². The van der Waals surface area contributed by atoms with Gasteiger partial charge in [-0.3, -0.25) is 23.6 Å². The van der Waals surface area contributed by atoms with Crippen molar-refractivity contribution in [3.8, 4) is 0 Å². The van der Waals surface area contributed by atoms with Crippen molar-refractivity contribution < 1.29 is 14.7 Å². The van der Waals surface area contributed by atoms with E-state index in [1.54, 1.807) is 4.57 Å². The molecule has 0 unspecified atom stereocenters. The number of halogens is 1. The number of hydrogen-bond acceptors (Lipinski definition) is 6. The fraction of sp³-hybridized carbons (Fsp3) is 0.562. The summed E-state index contributed by atoms with van der Waals surface area (Å²) >= 11 is 4.62. The Morgan fingerprint density at radius 3 is 2.65 bits per heavy atom. The molecule has 1 aliphatic heterocycles. The van der Waals surface area contributed by atoms with Gasteiger partial charge in [-0.25, -0.2) is 9.86 Å². The lowest BCUT2D eigenvalue weighted by Gasteiger charge is -2.15. The number of hydrogen-bond donors (Lipinski definition) is 1. The molecule has 1 saturated heterocycles. The minimum atomic E-state index is -0.752. The van der Waals surface area contributed by atoms with E-state index in [1.807, 2.05) is 13.8 Å². The highest BCUT2D eigenvalue weighted by Gasteiger charge is 2.32. The molecule has 1 atom stereocenters. The molecule has 0 bridgehead atoms. The number of carbonyl (C=O) groups excluding carboxylic acids is 1. The summed E-state index contributed by atoms with van der Waals surface area (Å²) in [6.07, 6.45) is -0.752. The van der Waals surface area contributed by atoms with Gasteiger partial charge < -0.3 is 5.11 Å². The van der Waals surface area contributed by atoms with Gasteiger partial charge in [-0.15, -0.1) is 11.3 Å². The third-order valence-corrected chi connectivity index (χ3v) is 6.30. The number of thiophene rings is 1. The number of hydroxylamine groups is 2. The largest absolute Gasteiger partial charge is 0.389 e. The smallest absolute Gasteiger partial charge is 0.331 e. The minimum absolute atomic E-state index is 0.0352.